The third-order valence-corrected chi connectivity index (χ3v) is 4.63. The van der Waals surface area contributed by atoms with Crippen molar-refractivity contribution in [1.82, 2.24) is 0 Å². The van der Waals surface area contributed by atoms with Crippen LogP contribution >= 0.6 is 11.8 Å². The van der Waals surface area contributed by atoms with Crippen LogP contribution in [0.5, 0.6) is 5.75 Å². The van der Waals surface area contributed by atoms with Gasteiger partial charge in [-0.25, -0.2) is 9.18 Å². The molecule has 3 aromatic rings. The fraction of sp³-hybridized carbons (Fsp3) is 0.158. The number of carbonyl (C=O) groups is 1. The molecule has 0 saturated carbocycles. The van der Waals surface area contributed by atoms with Gasteiger partial charge in [-0.15, -0.1) is 11.8 Å². The second-order valence-corrected chi connectivity index (χ2v) is 6.35. The molecule has 0 fully saturated rings. The van der Waals surface area contributed by atoms with Gasteiger partial charge in [0.1, 0.15) is 23.8 Å². The van der Waals surface area contributed by atoms with Gasteiger partial charge < -0.3 is 13.9 Å². The minimum absolute atomic E-state index is 0.0336. The van der Waals surface area contributed by atoms with Gasteiger partial charge in [-0.1, -0.05) is 12.1 Å². The number of fused-ring (bicyclic) bond motifs is 1. The Morgan fingerprint density at radius 1 is 1.19 bits per heavy atom. The van der Waals surface area contributed by atoms with E-state index in [4.69, 9.17) is 13.9 Å². The summed E-state index contributed by atoms with van der Waals surface area (Å²) in [5.74, 6) is -0.371. The predicted molar refractivity (Wildman–Crippen MR) is 96.0 cm³/mol. The molecular weight excluding hydrogens is 359 g/mol. The smallest absolute Gasteiger partial charge is 0.336 e. The van der Waals surface area contributed by atoms with Crippen molar-refractivity contribution >= 4 is 28.7 Å². The van der Waals surface area contributed by atoms with Gasteiger partial charge in [0.05, 0.1) is 12.9 Å². The molecule has 0 unspecified atom stereocenters. The van der Waals surface area contributed by atoms with Crippen molar-refractivity contribution < 1.29 is 23.1 Å². The molecule has 1 aromatic heterocycles. The van der Waals surface area contributed by atoms with Crippen molar-refractivity contribution in [3.05, 3.63) is 70.3 Å². The summed E-state index contributed by atoms with van der Waals surface area (Å²) in [6.45, 7) is -0.0783. The van der Waals surface area contributed by atoms with E-state index in [0.29, 0.717) is 27.2 Å². The van der Waals surface area contributed by atoms with Crippen LogP contribution in [0.1, 0.15) is 5.56 Å². The summed E-state index contributed by atoms with van der Waals surface area (Å²) >= 11 is 1.06. The van der Waals surface area contributed by atoms with Crippen molar-refractivity contribution in [2.24, 2.45) is 0 Å². The Kier molecular flexibility index (Phi) is 5.58. The van der Waals surface area contributed by atoms with Gasteiger partial charge in [0.25, 0.3) is 0 Å². The monoisotopic (exact) mass is 374 g/mol. The molecule has 0 radical (unpaired) electrons. The van der Waals surface area contributed by atoms with Gasteiger partial charge in [0, 0.05) is 28.0 Å². The van der Waals surface area contributed by atoms with Gasteiger partial charge in [0.15, 0.2) is 0 Å². The lowest BCUT2D eigenvalue weighted by Crippen LogP contribution is -2.09. The lowest BCUT2D eigenvalue weighted by Gasteiger charge is -2.08. The molecule has 0 aliphatic heterocycles. The summed E-state index contributed by atoms with van der Waals surface area (Å²) < 4.78 is 29.0. The van der Waals surface area contributed by atoms with E-state index in [0.717, 1.165) is 11.8 Å². The standard InChI is InChI=1S/C19H15FO5S/c1-23-13-6-7-14-12(8-18(21)25-16(14)9-13)10-24-19(22)11-26-17-5-3-2-4-15(17)20/h2-9H,10-11H2,1H3. The largest absolute Gasteiger partial charge is 0.497 e. The van der Waals surface area contributed by atoms with Crippen molar-refractivity contribution in [3.63, 3.8) is 0 Å². The van der Waals surface area contributed by atoms with Gasteiger partial charge in [-0.05, 0) is 24.3 Å². The first kappa shape index (κ1) is 18.0. The Labute approximate surface area is 152 Å². The first-order chi connectivity index (χ1) is 12.6. The van der Waals surface area contributed by atoms with Crippen molar-refractivity contribution in [2.45, 2.75) is 11.5 Å². The summed E-state index contributed by atoms with van der Waals surface area (Å²) in [5, 5.41) is 0.653. The van der Waals surface area contributed by atoms with Crippen molar-refractivity contribution in [1.29, 1.82) is 0 Å². The molecule has 1 heterocycles. The molecule has 0 N–H and O–H groups in total. The van der Waals surface area contributed by atoms with E-state index < -0.39 is 11.6 Å². The highest BCUT2D eigenvalue weighted by molar-refractivity contribution is 8.00. The van der Waals surface area contributed by atoms with Crippen LogP contribution < -0.4 is 10.4 Å². The molecule has 7 heteroatoms. The molecule has 0 saturated heterocycles. The molecule has 5 nitrogen and oxygen atoms in total. The number of ether oxygens (including phenoxy) is 2. The van der Waals surface area contributed by atoms with Crippen LogP contribution in [-0.2, 0) is 16.1 Å². The van der Waals surface area contributed by atoms with E-state index >= 15 is 0 Å². The van der Waals surface area contributed by atoms with Crippen molar-refractivity contribution in [3.8, 4) is 5.75 Å². The summed E-state index contributed by atoms with van der Waals surface area (Å²) in [7, 11) is 1.51. The molecule has 0 atom stereocenters. The van der Waals surface area contributed by atoms with Crippen LogP contribution in [0.25, 0.3) is 11.0 Å². The van der Waals surface area contributed by atoms with E-state index in [-0.39, 0.29) is 18.2 Å². The van der Waals surface area contributed by atoms with Crippen LogP contribution in [0.2, 0.25) is 0 Å². The summed E-state index contributed by atoms with van der Waals surface area (Å²) in [4.78, 5) is 24.0. The van der Waals surface area contributed by atoms with Crippen LogP contribution in [-0.4, -0.2) is 18.8 Å². The lowest BCUT2D eigenvalue weighted by molar-refractivity contribution is -0.141. The number of hydrogen-bond donors (Lipinski definition) is 0. The number of esters is 1. The Balaban J connectivity index is 1.68. The minimum atomic E-state index is -0.544. The fourth-order valence-electron chi connectivity index (χ4n) is 2.36. The number of hydrogen-bond acceptors (Lipinski definition) is 6. The van der Waals surface area contributed by atoms with E-state index in [9.17, 15) is 14.0 Å². The maximum atomic E-state index is 13.5. The molecule has 0 spiro atoms. The maximum Gasteiger partial charge on any atom is 0.336 e. The normalized spacial score (nSPS) is 10.7. The highest BCUT2D eigenvalue weighted by Crippen LogP contribution is 2.24. The minimum Gasteiger partial charge on any atom is -0.497 e. The highest BCUT2D eigenvalue weighted by Gasteiger charge is 2.11. The molecule has 2 aromatic carbocycles. The van der Waals surface area contributed by atoms with Gasteiger partial charge in [0.2, 0.25) is 0 Å². The number of carbonyl (C=O) groups excluding carboxylic acids is 1. The van der Waals surface area contributed by atoms with Crippen LogP contribution in [0.15, 0.2) is 62.6 Å². The average molecular weight is 374 g/mol. The van der Waals surface area contributed by atoms with E-state index in [1.54, 1.807) is 36.4 Å². The maximum absolute atomic E-state index is 13.5. The van der Waals surface area contributed by atoms with E-state index in [1.807, 2.05) is 0 Å². The molecule has 0 amide bonds. The van der Waals surface area contributed by atoms with Crippen LogP contribution in [0.4, 0.5) is 4.39 Å². The van der Waals surface area contributed by atoms with Gasteiger partial charge >= 0.3 is 11.6 Å². The van der Waals surface area contributed by atoms with Crippen molar-refractivity contribution in [2.75, 3.05) is 12.9 Å². The Morgan fingerprint density at radius 3 is 2.77 bits per heavy atom. The third kappa shape index (κ3) is 4.23. The number of halogens is 1. The molecule has 26 heavy (non-hydrogen) atoms. The topological polar surface area (TPSA) is 65.7 Å². The SMILES string of the molecule is COc1ccc2c(COC(=O)CSc3ccccc3F)cc(=O)oc2c1. The second kappa shape index (κ2) is 8.05. The molecule has 3 rings (SSSR count). The molecular formula is C19H15FO5S. The fourth-order valence-corrected chi connectivity index (χ4v) is 3.09. The van der Waals surface area contributed by atoms with Crippen LogP contribution in [0.3, 0.4) is 0 Å². The number of methoxy groups -OCH3 is 1. The molecule has 134 valence electrons. The van der Waals surface area contributed by atoms with E-state index in [2.05, 4.69) is 0 Å². The Bertz CT molecular complexity index is 999. The zero-order chi connectivity index (χ0) is 18.5. The molecule has 0 bridgehead atoms. The predicted octanol–water partition coefficient (Wildman–Crippen LogP) is 3.78. The first-order valence-electron chi connectivity index (χ1n) is 7.70. The Hall–Kier alpha value is -2.80. The average Bonchev–Trinajstić information content (AvgIpc) is 2.64. The highest BCUT2D eigenvalue weighted by atomic mass is 32.2. The van der Waals surface area contributed by atoms with Gasteiger partial charge in [-0.2, -0.15) is 0 Å². The second-order valence-electron chi connectivity index (χ2n) is 5.33. The van der Waals surface area contributed by atoms with Gasteiger partial charge in [-0.3, -0.25) is 4.79 Å². The third-order valence-electron chi connectivity index (χ3n) is 3.61. The zero-order valence-electron chi connectivity index (χ0n) is 13.9. The number of thioether (sulfide) groups is 1. The summed E-state index contributed by atoms with van der Waals surface area (Å²) in [6, 6.07) is 12.5. The molecule has 0 aliphatic carbocycles. The summed E-state index contributed by atoms with van der Waals surface area (Å²) in [5.41, 5.74) is 0.337. The van der Waals surface area contributed by atoms with E-state index in [1.165, 1.54) is 19.2 Å². The number of rotatable bonds is 6. The Morgan fingerprint density at radius 2 is 2.00 bits per heavy atom. The van der Waals surface area contributed by atoms with Crippen LogP contribution in [0, 0.1) is 5.82 Å². The lowest BCUT2D eigenvalue weighted by atomic mass is 10.1. The summed E-state index contributed by atoms with van der Waals surface area (Å²) in [6.07, 6.45) is 0. The number of benzene rings is 2. The quantitative estimate of drug-likeness (QED) is 0.372. The molecule has 0 aliphatic rings. The zero-order valence-corrected chi connectivity index (χ0v) is 14.7. The first-order valence-corrected chi connectivity index (χ1v) is 8.69.